The third-order valence-electron chi connectivity index (χ3n) is 4.26. The maximum atomic E-state index is 13.2. The summed E-state index contributed by atoms with van der Waals surface area (Å²) in [6.45, 7) is 1.90. The number of rotatable bonds is 6. The van der Waals surface area contributed by atoms with Crippen LogP contribution in [0, 0.1) is 5.82 Å². The summed E-state index contributed by atoms with van der Waals surface area (Å²) in [4.78, 5) is 23.2. The van der Waals surface area contributed by atoms with E-state index in [2.05, 4.69) is 15.7 Å². The van der Waals surface area contributed by atoms with Gasteiger partial charge in [0.15, 0.2) is 0 Å². The van der Waals surface area contributed by atoms with E-state index < -0.39 is 0 Å². The van der Waals surface area contributed by atoms with E-state index in [1.165, 1.54) is 25.1 Å². The van der Waals surface area contributed by atoms with Crippen LogP contribution in [0.3, 0.4) is 0 Å². The summed E-state index contributed by atoms with van der Waals surface area (Å²) < 4.78 is 14.9. The average Bonchev–Trinajstić information content (AvgIpc) is 3.07. The number of aromatic nitrogens is 2. The summed E-state index contributed by atoms with van der Waals surface area (Å²) in [5.74, 6) is -0.688. The number of nitrogens with one attached hydrogen (secondary N) is 2. The molecule has 0 saturated heterocycles. The summed E-state index contributed by atoms with van der Waals surface area (Å²) in [6, 6.07) is 13.3. The largest absolute Gasteiger partial charge is 0.352 e. The number of anilines is 1. The molecule has 29 heavy (non-hydrogen) atoms. The van der Waals surface area contributed by atoms with Crippen molar-refractivity contribution in [3.05, 3.63) is 77.7 Å². The molecule has 1 aromatic heterocycles. The van der Waals surface area contributed by atoms with Gasteiger partial charge in [0.1, 0.15) is 5.82 Å². The molecule has 0 aliphatic carbocycles. The van der Waals surface area contributed by atoms with E-state index in [1.54, 1.807) is 48.3 Å². The molecule has 6 nitrogen and oxygen atoms in total. The smallest absolute Gasteiger partial charge is 0.248 e. The summed E-state index contributed by atoms with van der Waals surface area (Å²) >= 11 is 0. The zero-order chi connectivity index (χ0) is 20.8. The van der Waals surface area contributed by atoms with Crippen LogP contribution in [0.15, 0.2) is 60.8 Å². The first kappa shape index (κ1) is 20.0. The Morgan fingerprint density at radius 3 is 2.45 bits per heavy atom. The molecular weight excluding hydrogens is 371 g/mol. The van der Waals surface area contributed by atoms with E-state index in [9.17, 15) is 14.0 Å². The third kappa shape index (κ3) is 5.38. The Morgan fingerprint density at radius 1 is 1.10 bits per heavy atom. The van der Waals surface area contributed by atoms with E-state index in [0.29, 0.717) is 12.2 Å². The van der Waals surface area contributed by atoms with Gasteiger partial charge >= 0.3 is 0 Å². The summed E-state index contributed by atoms with van der Waals surface area (Å²) in [7, 11) is 1.79. The van der Waals surface area contributed by atoms with Crippen molar-refractivity contribution >= 4 is 23.6 Å². The first-order valence-corrected chi connectivity index (χ1v) is 9.03. The molecule has 2 aromatic carbocycles. The number of carbonyl (C=O) groups is 2. The van der Waals surface area contributed by atoms with Crippen LogP contribution < -0.4 is 10.6 Å². The monoisotopic (exact) mass is 392 g/mol. The summed E-state index contributed by atoms with van der Waals surface area (Å²) in [5.41, 5.74) is 3.93. The Labute approximate surface area is 168 Å². The molecule has 0 aliphatic heterocycles. The van der Waals surface area contributed by atoms with Crippen LogP contribution in [0.4, 0.5) is 10.1 Å². The van der Waals surface area contributed by atoms with Gasteiger partial charge in [-0.15, -0.1) is 0 Å². The van der Waals surface area contributed by atoms with Gasteiger partial charge in [-0.2, -0.15) is 5.10 Å². The van der Waals surface area contributed by atoms with Crippen LogP contribution >= 0.6 is 0 Å². The molecule has 0 radical (unpaired) electrons. The minimum atomic E-state index is -0.310. The molecule has 2 N–H and O–H groups in total. The molecule has 0 fully saturated rings. The van der Waals surface area contributed by atoms with Crippen LogP contribution in [0.1, 0.15) is 18.1 Å². The van der Waals surface area contributed by atoms with Crippen molar-refractivity contribution in [1.82, 2.24) is 15.1 Å². The van der Waals surface area contributed by atoms with Crippen LogP contribution in [-0.4, -0.2) is 21.6 Å². The van der Waals surface area contributed by atoms with Gasteiger partial charge in [-0.05, 0) is 48.0 Å². The van der Waals surface area contributed by atoms with E-state index in [0.717, 1.165) is 22.4 Å². The normalized spacial score (nSPS) is 10.9. The molecule has 0 aliphatic rings. The molecule has 3 rings (SSSR count). The number of hydrogen-bond donors (Lipinski definition) is 2. The lowest BCUT2D eigenvalue weighted by Gasteiger charge is -2.06. The topological polar surface area (TPSA) is 76.0 Å². The highest BCUT2D eigenvalue weighted by molar-refractivity contribution is 6.02. The minimum Gasteiger partial charge on any atom is -0.352 e. The van der Waals surface area contributed by atoms with Gasteiger partial charge in [0.2, 0.25) is 11.8 Å². The van der Waals surface area contributed by atoms with Crippen molar-refractivity contribution in [2.24, 2.45) is 7.05 Å². The highest BCUT2D eigenvalue weighted by atomic mass is 19.1. The van der Waals surface area contributed by atoms with Crippen LogP contribution in [-0.2, 0) is 23.2 Å². The molecule has 148 valence electrons. The predicted molar refractivity (Wildman–Crippen MR) is 110 cm³/mol. The molecule has 0 unspecified atom stereocenters. The van der Waals surface area contributed by atoms with Gasteiger partial charge in [-0.1, -0.05) is 12.1 Å². The fourth-order valence-electron chi connectivity index (χ4n) is 2.82. The number of halogens is 1. The molecule has 7 heteroatoms. The maximum Gasteiger partial charge on any atom is 0.248 e. The van der Waals surface area contributed by atoms with Crippen molar-refractivity contribution in [2.75, 3.05) is 5.32 Å². The Kier molecular flexibility index (Phi) is 6.19. The molecule has 3 aromatic rings. The highest BCUT2D eigenvalue weighted by Crippen LogP contribution is 2.24. The molecular formula is C22H21FN4O2. The SMILES string of the molecule is CC(=O)NCc1ccc(NC(=O)C=Cc2cnn(C)c2-c2ccc(F)cc2)cc1. The highest BCUT2D eigenvalue weighted by Gasteiger charge is 2.09. The van der Waals surface area contributed by atoms with E-state index in [-0.39, 0.29) is 17.6 Å². The van der Waals surface area contributed by atoms with Crippen molar-refractivity contribution in [3.63, 3.8) is 0 Å². The Hall–Kier alpha value is -3.74. The van der Waals surface area contributed by atoms with Gasteiger partial charge in [0, 0.05) is 43.4 Å². The molecule has 0 saturated carbocycles. The molecule has 2 amide bonds. The first-order chi connectivity index (χ1) is 13.9. The summed E-state index contributed by atoms with van der Waals surface area (Å²) in [6.07, 6.45) is 4.75. The quantitative estimate of drug-likeness (QED) is 0.631. The maximum absolute atomic E-state index is 13.2. The molecule has 0 atom stereocenters. The Balaban J connectivity index is 1.67. The average molecular weight is 392 g/mol. The van der Waals surface area contributed by atoms with Gasteiger partial charge < -0.3 is 10.6 Å². The van der Waals surface area contributed by atoms with Crippen LogP contribution in [0.5, 0.6) is 0 Å². The van der Waals surface area contributed by atoms with E-state index in [1.807, 2.05) is 12.1 Å². The lowest BCUT2D eigenvalue weighted by atomic mass is 10.1. The molecule has 0 bridgehead atoms. The van der Waals surface area contributed by atoms with Gasteiger partial charge in [0.25, 0.3) is 0 Å². The summed E-state index contributed by atoms with van der Waals surface area (Å²) in [5, 5.41) is 9.73. The van der Waals surface area contributed by atoms with Gasteiger partial charge in [0.05, 0.1) is 11.9 Å². The predicted octanol–water partition coefficient (Wildman–Crippen LogP) is 3.51. The van der Waals surface area contributed by atoms with Crippen molar-refractivity contribution in [1.29, 1.82) is 0 Å². The second-order valence-corrected chi connectivity index (χ2v) is 6.51. The standard InChI is InChI=1S/C22H21FN4O2/c1-15(28)24-13-16-3-10-20(11-4-16)26-21(29)12-7-18-14-25-27(2)22(18)17-5-8-19(23)9-6-17/h3-12,14H,13H2,1-2H3,(H,24,28)(H,26,29). The zero-order valence-electron chi connectivity index (χ0n) is 16.1. The second kappa shape index (κ2) is 8.97. The van der Waals surface area contributed by atoms with Crippen molar-refractivity contribution < 1.29 is 14.0 Å². The molecule has 0 spiro atoms. The molecule has 1 heterocycles. The van der Waals surface area contributed by atoms with E-state index in [4.69, 9.17) is 0 Å². The fourth-order valence-corrected chi connectivity index (χ4v) is 2.82. The number of hydrogen-bond acceptors (Lipinski definition) is 3. The number of benzene rings is 2. The lowest BCUT2D eigenvalue weighted by molar-refractivity contribution is -0.119. The first-order valence-electron chi connectivity index (χ1n) is 9.03. The Bertz CT molecular complexity index is 1040. The number of aryl methyl sites for hydroxylation is 1. The zero-order valence-corrected chi connectivity index (χ0v) is 16.1. The van der Waals surface area contributed by atoms with Gasteiger partial charge in [-0.25, -0.2) is 4.39 Å². The third-order valence-corrected chi connectivity index (χ3v) is 4.26. The van der Waals surface area contributed by atoms with Crippen molar-refractivity contribution in [3.8, 4) is 11.3 Å². The number of nitrogens with zero attached hydrogens (tertiary/aromatic N) is 2. The number of amides is 2. The second-order valence-electron chi connectivity index (χ2n) is 6.51. The van der Waals surface area contributed by atoms with Crippen molar-refractivity contribution in [2.45, 2.75) is 13.5 Å². The van der Waals surface area contributed by atoms with Crippen LogP contribution in [0.25, 0.3) is 17.3 Å². The van der Waals surface area contributed by atoms with E-state index >= 15 is 0 Å². The number of carbonyl (C=O) groups excluding carboxylic acids is 2. The van der Waals surface area contributed by atoms with Gasteiger partial charge in [-0.3, -0.25) is 14.3 Å². The van der Waals surface area contributed by atoms with Crippen LogP contribution in [0.2, 0.25) is 0 Å². The lowest BCUT2D eigenvalue weighted by Crippen LogP contribution is -2.18. The fraction of sp³-hybridized carbons (Fsp3) is 0.136. The Morgan fingerprint density at radius 2 is 1.79 bits per heavy atom. The minimum absolute atomic E-state index is 0.0945.